The number of thiophene rings is 1. The Morgan fingerprint density at radius 1 is 1.04 bits per heavy atom. The molecule has 0 aliphatic heterocycles. The monoisotopic (exact) mass is 744 g/mol. The summed E-state index contributed by atoms with van der Waals surface area (Å²) in [6.45, 7) is 26.7. The van der Waals surface area contributed by atoms with Gasteiger partial charge in [0.25, 0.3) is 0 Å². The predicted octanol–water partition coefficient (Wildman–Crippen LogP) is 11.4. The lowest BCUT2D eigenvalue weighted by atomic mass is 9.86. The van der Waals surface area contributed by atoms with Crippen LogP contribution in [0.4, 0.5) is 0 Å². The fraction of sp³-hybridized carbons (Fsp3) is 0.650. The minimum absolute atomic E-state index is 0.00454. The Bertz CT molecular complexity index is 1550. The van der Waals surface area contributed by atoms with Gasteiger partial charge in [0.15, 0.2) is 16.6 Å². The molecule has 1 saturated carbocycles. The molecule has 1 heterocycles. The lowest BCUT2D eigenvalue weighted by Gasteiger charge is -2.42. The minimum atomic E-state index is -2.23. The molecule has 0 N–H and O–H groups in total. The normalized spacial score (nSPS) is 20.9. The summed E-state index contributed by atoms with van der Waals surface area (Å²) in [6.07, 6.45) is 7.67. The Hall–Kier alpha value is -1.74. The van der Waals surface area contributed by atoms with Gasteiger partial charge in [0, 0.05) is 51.5 Å². The first kappa shape index (κ1) is 41.7. The summed E-state index contributed by atoms with van der Waals surface area (Å²) in [5.74, 6) is 6.07. The number of hydrogen-bond donors (Lipinski definition) is 0. The molecule has 1 fully saturated rings. The number of halogens is 1. The van der Waals surface area contributed by atoms with Crippen molar-refractivity contribution in [2.24, 2.45) is 17.3 Å². The Kier molecular flexibility index (Phi) is 13.9. The van der Waals surface area contributed by atoms with Crippen molar-refractivity contribution in [3.8, 4) is 11.8 Å². The highest BCUT2D eigenvalue weighted by Crippen LogP contribution is 2.50. The topological polar surface area (TPSA) is 61.8 Å². The van der Waals surface area contributed by atoms with Gasteiger partial charge in [-0.3, -0.25) is 9.59 Å². The third-order valence-corrected chi connectivity index (χ3v) is 21.9. The summed E-state index contributed by atoms with van der Waals surface area (Å²) >= 11 is 8.65. The van der Waals surface area contributed by atoms with Crippen molar-refractivity contribution >= 4 is 61.4 Å². The summed E-state index contributed by atoms with van der Waals surface area (Å²) in [5.41, 5.74) is -0.665. The molecule has 0 amide bonds. The first-order valence-corrected chi connectivity index (χ1v) is 24.8. The second-order valence-electron chi connectivity index (χ2n) is 17.2. The lowest BCUT2D eigenvalue weighted by Crippen LogP contribution is -2.48. The van der Waals surface area contributed by atoms with E-state index in [1.807, 2.05) is 19.9 Å². The number of Topliss-reactive ketones (excluding diaryl/α,β-unsaturated/α-hetero) is 1. The van der Waals surface area contributed by atoms with Gasteiger partial charge in [-0.2, -0.15) is 0 Å². The van der Waals surface area contributed by atoms with Crippen LogP contribution in [0.2, 0.25) is 41.3 Å². The molecule has 2 aromatic rings. The molecule has 0 spiro atoms. The van der Waals surface area contributed by atoms with Gasteiger partial charge in [0.1, 0.15) is 5.78 Å². The van der Waals surface area contributed by atoms with Gasteiger partial charge in [-0.05, 0) is 61.6 Å². The van der Waals surface area contributed by atoms with Crippen molar-refractivity contribution in [3.05, 3.63) is 46.3 Å². The quantitative estimate of drug-likeness (QED) is 0.0672. The Morgan fingerprint density at radius 2 is 1.67 bits per heavy atom. The van der Waals surface area contributed by atoms with Crippen LogP contribution in [0.3, 0.4) is 0 Å². The van der Waals surface area contributed by atoms with Gasteiger partial charge in [-0.25, -0.2) is 0 Å². The van der Waals surface area contributed by atoms with Gasteiger partial charge in [-0.15, -0.1) is 23.2 Å². The Morgan fingerprint density at radius 3 is 2.27 bits per heavy atom. The SMILES string of the molecule is COC(=O)CCCC#CC[C@H]1C(=O)C(C)(C)[C@@H](O[Si](C)(C)C(C)(C)C)[C@@H]1C=CC(CCc1sc2ccccc2c1Cl)O[Si](C)(C)C(C)(C)C. The van der Waals surface area contributed by atoms with Crippen LogP contribution < -0.4 is 0 Å². The van der Waals surface area contributed by atoms with E-state index in [9.17, 15) is 9.59 Å². The molecule has 1 aliphatic carbocycles. The van der Waals surface area contributed by atoms with Crippen LogP contribution in [0, 0.1) is 29.1 Å². The highest BCUT2D eigenvalue weighted by molar-refractivity contribution is 7.19. The van der Waals surface area contributed by atoms with Crippen molar-refractivity contribution < 1.29 is 23.2 Å². The van der Waals surface area contributed by atoms with Crippen molar-refractivity contribution in [2.45, 2.75) is 142 Å². The zero-order chi connectivity index (χ0) is 37.0. The third-order valence-electron chi connectivity index (χ3n) is 11.1. The second-order valence-corrected chi connectivity index (χ2v) is 28.3. The molecule has 0 bridgehead atoms. The molecule has 49 heavy (non-hydrogen) atoms. The summed E-state index contributed by atoms with van der Waals surface area (Å²) in [6, 6.07) is 8.31. The average Bonchev–Trinajstić information content (AvgIpc) is 3.40. The van der Waals surface area contributed by atoms with Crippen molar-refractivity contribution in [1.29, 1.82) is 0 Å². The standard InChI is InChI=1S/C40H61ClO5SSi2/c1-38(2,3)48(10,11)45-28(25-27-33-35(41)31-21-18-19-22-32(31)47-33)24-26-30-29(20-16-14-15-17-23-34(42)44-9)36(43)40(7,8)37(30)46-49(12,13)39(4,5)6/h18-19,21-22,24,26,28-30,37H,15,17,20,23,25,27H2,1-13H3/t28?,29-,30-,37+/m1/s1. The zero-order valence-corrected chi connectivity index (χ0v) is 35.9. The maximum absolute atomic E-state index is 14.2. The van der Waals surface area contributed by atoms with Gasteiger partial charge < -0.3 is 13.6 Å². The molecule has 4 atom stereocenters. The van der Waals surface area contributed by atoms with Crippen molar-refractivity contribution in [3.63, 3.8) is 0 Å². The first-order valence-electron chi connectivity index (χ1n) is 17.8. The molecule has 0 saturated heterocycles. The number of esters is 1. The van der Waals surface area contributed by atoms with Crippen LogP contribution in [-0.2, 0) is 29.6 Å². The molecule has 1 aromatic heterocycles. The van der Waals surface area contributed by atoms with E-state index in [4.69, 9.17) is 25.2 Å². The molecule has 0 radical (unpaired) electrons. The van der Waals surface area contributed by atoms with Gasteiger partial charge in [0.05, 0.1) is 24.3 Å². The highest BCUT2D eigenvalue weighted by Gasteiger charge is 2.57. The van der Waals surface area contributed by atoms with Gasteiger partial charge >= 0.3 is 5.97 Å². The van der Waals surface area contributed by atoms with Crippen molar-refractivity contribution in [2.75, 3.05) is 7.11 Å². The second kappa shape index (κ2) is 16.3. The molecule has 1 aromatic carbocycles. The maximum atomic E-state index is 14.2. The van der Waals surface area contributed by atoms with Gasteiger partial charge in [0.2, 0.25) is 0 Å². The fourth-order valence-corrected chi connectivity index (χ4v) is 10.2. The number of rotatable bonds is 13. The molecule has 5 nitrogen and oxygen atoms in total. The molecule has 272 valence electrons. The van der Waals surface area contributed by atoms with E-state index in [1.165, 1.54) is 16.7 Å². The summed E-state index contributed by atoms with van der Waals surface area (Å²) in [7, 11) is -2.97. The molecular formula is C40H61ClO5SSi2. The number of aryl methyl sites for hydroxylation is 1. The van der Waals surface area contributed by atoms with Crippen LogP contribution in [0.1, 0.15) is 92.4 Å². The minimum Gasteiger partial charge on any atom is -0.469 e. The largest absolute Gasteiger partial charge is 0.469 e. The van der Waals surface area contributed by atoms with E-state index >= 15 is 0 Å². The Labute approximate surface area is 308 Å². The van der Waals surface area contributed by atoms with E-state index < -0.39 is 22.0 Å². The number of carbonyl (C=O) groups is 2. The number of benzene rings is 1. The van der Waals surface area contributed by atoms with Gasteiger partial charge in [-0.1, -0.05) is 97.3 Å². The fourth-order valence-electron chi connectivity index (χ4n) is 5.86. The van der Waals surface area contributed by atoms with Crippen molar-refractivity contribution in [1.82, 2.24) is 0 Å². The summed E-state index contributed by atoms with van der Waals surface area (Å²) < 4.78 is 20.2. The van der Waals surface area contributed by atoms with E-state index in [-0.39, 0.29) is 45.9 Å². The number of carbonyl (C=O) groups excluding carboxylic acids is 2. The summed E-state index contributed by atoms with van der Waals surface area (Å²) in [5, 5.41) is 1.98. The smallest absolute Gasteiger partial charge is 0.305 e. The first-order chi connectivity index (χ1) is 22.5. The number of methoxy groups -OCH3 is 1. The number of ketones is 1. The number of unbranched alkanes of at least 4 members (excludes halogenated alkanes) is 1. The predicted molar refractivity (Wildman–Crippen MR) is 212 cm³/mol. The molecule has 3 rings (SSSR count). The number of fused-ring (bicyclic) bond motifs is 1. The third kappa shape index (κ3) is 10.2. The number of ether oxygens (including phenoxy) is 1. The molecule has 9 heteroatoms. The number of hydrogen-bond acceptors (Lipinski definition) is 6. The molecule has 1 aliphatic rings. The van der Waals surface area contributed by atoms with Crippen LogP contribution in [0.15, 0.2) is 36.4 Å². The summed E-state index contributed by atoms with van der Waals surface area (Å²) in [4.78, 5) is 26.9. The van der Waals surface area contributed by atoms with E-state index in [1.54, 1.807) is 11.3 Å². The van der Waals surface area contributed by atoms with Crippen LogP contribution in [-0.4, -0.2) is 47.7 Å². The molecule has 1 unspecified atom stereocenters. The van der Waals surface area contributed by atoms with E-state index in [2.05, 4.69) is 110 Å². The Balaban J connectivity index is 1.99. The van der Waals surface area contributed by atoms with Crippen LogP contribution >= 0.6 is 22.9 Å². The van der Waals surface area contributed by atoms with Crippen LogP contribution in [0.5, 0.6) is 0 Å². The zero-order valence-electron chi connectivity index (χ0n) is 32.3. The average molecular weight is 746 g/mol. The van der Waals surface area contributed by atoms with E-state index in [0.29, 0.717) is 25.7 Å². The highest BCUT2D eigenvalue weighted by atomic mass is 35.5. The van der Waals surface area contributed by atoms with Crippen LogP contribution in [0.25, 0.3) is 10.1 Å². The van der Waals surface area contributed by atoms with E-state index in [0.717, 1.165) is 23.3 Å². The maximum Gasteiger partial charge on any atom is 0.305 e. The molecular weight excluding hydrogens is 684 g/mol. The lowest BCUT2D eigenvalue weighted by molar-refractivity contribution is -0.140.